The van der Waals surface area contributed by atoms with E-state index >= 15 is 0 Å². The van der Waals surface area contributed by atoms with Gasteiger partial charge in [-0.25, -0.2) is 0 Å². The van der Waals surface area contributed by atoms with Crippen LogP contribution in [0.2, 0.25) is 0 Å². The molecule has 0 aromatic carbocycles. The molecule has 0 unspecified atom stereocenters. The molecule has 3 heteroatoms. The highest BCUT2D eigenvalue weighted by atomic mass is 32.2. The van der Waals surface area contributed by atoms with Crippen LogP contribution < -0.4 is 0 Å². The average molecular weight is 228 g/mol. The first-order chi connectivity index (χ1) is 6.67. The van der Waals surface area contributed by atoms with Gasteiger partial charge in [-0.05, 0) is 34.6 Å². The molecular weight excluding hydrogens is 208 g/mol. The van der Waals surface area contributed by atoms with E-state index in [0.29, 0.717) is 11.0 Å². The van der Waals surface area contributed by atoms with Crippen molar-refractivity contribution in [2.75, 3.05) is 0 Å². The van der Waals surface area contributed by atoms with Crippen molar-refractivity contribution in [1.29, 1.82) is 0 Å². The number of Topliss-reactive ketones (excluding diaryl/α,β-unsaturated/α-hetero) is 1. The first kappa shape index (κ1) is 11.5. The largest absolute Gasteiger partial charge is 0.358 e. The van der Waals surface area contributed by atoms with Gasteiger partial charge in [0.05, 0.1) is 16.9 Å². The van der Waals surface area contributed by atoms with Crippen LogP contribution in [-0.2, 0) is 9.53 Å². The van der Waals surface area contributed by atoms with E-state index in [9.17, 15) is 4.79 Å². The summed E-state index contributed by atoms with van der Waals surface area (Å²) in [7, 11) is 0. The maximum atomic E-state index is 12.1. The topological polar surface area (TPSA) is 26.3 Å². The summed E-state index contributed by atoms with van der Waals surface area (Å²) in [4.78, 5) is 11.8. The van der Waals surface area contributed by atoms with E-state index in [0.717, 1.165) is 0 Å². The highest BCUT2D eigenvalue weighted by molar-refractivity contribution is 8.01. The van der Waals surface area contributed by atoms with Crippen molar-refractivity contribution in [3.63, 3.8) is 0 Å². The van der Waals surface area contributed by atoms with Gasteiger partial charge in [0.2, 0.25) is 0 Å². The Labute approximate surface area is 96.1 Å². The summed E-state index contributed by atoms with van der Waals surface area (Å²) in [6.45, 7) is 12.3. The molecule has 2 fully saturated rings. The number of carbonyl (C=O) groups excluding carboxylic acids is 1. The Morgan fingerprint density at radius 1 is 1.13 bits per heavy atom. The van der Waals surface area contributed by atoms with Crippen LogP contribution in [-0.4, -0.2) is 22.1 Å². The molecule has 2 aliphatic rings. The minimum Gasteiger partial charge on any atom is -0.358 e. The van der Waals surface area contributed by atoms with Gasteiger partial charge in [-0.1, -0.05) is 6.92 Å². The summed E-state index contributed by atoms with van der Waals surface area (Å²) in [6.07, 6.45) is 0.238. The van der Waals surface area contributed by atoms with Crippen LogP contribution in [0.15, 0.2) is 0 Å². The first-order valence-electron chi connectivity index (χ1n) is 5.57. The van der Waals surface area contributed by atoms with Crippen LogP contribution in [0.25, 0.3) is 0 Å². The molecule has 2 rings (SSSR count). The Bertz CT molecular complexity index is 290. The van der Waals surface area contributed by atoms with Crippen molar-refractivity contribution in [2.24, 2.45) is 10.8 Å². The van der Waals surface area contributed by atoms with Crippen molar-refractivity contribution >= 4 is 17.5 Å². The molecule has 0 aromatic rings. The Balaban J connectivity index is 2.41. The summed E-state index contributed by atoms with van der Waals surface area (Å²) in [5.41, 5.74) is -0.694. The predicted octanol–water partition coefficient (Wildman–Crippen LogP) is 2.86. The highest BCUT2D eigenvalue weighted by Gasteiger charge is 2.76. The van der Waals surface area contributed by atoms with Gasteiger partial charge in [0.25, 0.3) is 0 Å². The summed E-state index contributed by atoms with van der Waals surface area (Å²) in [5.74, 6) is 0.323. The number of rotatable bonds is 0. The summed E-state index contributed by atoms with van der Waals surface area (Å²) in [6, 6.07) is 0. The molecule has 0 amide bonds. The lowest BCUT2D eigenvalue weighted by Crippen LogP contribution is -2.72. The van der Waals surface area contributed by atoms with E-state index in [-0.39, 0.29) is 21.9 Å². The summed E-state index contributed by atoms with van der Waals surface area (Å²) < 4.78 is 6.14. The number of ether oxygens (including phenoxy) is 1. The molecule has 1 saturated carbocycles. The molecule has 0 bridgehead atoms. The summed E-state index contributed by atoms with van der Waals surface area (Å²) >= 11 is 1.84. The number of ketones is 1. The van der Waals surface area contributed by atoms with Crippen LogP contribution in [0.4, 0.5) is 0 Å². The smallest absolute Gasteiger partial charge is 0.151 e. The molecule has 15 heavy (non-hydrogen) atoms. The van der Waals surface area contributed by atoms with Crippen molar-refractivity contribution < 1.29 is 9.53 Å². The van der Waals surface area contributed by atoms with Crippen molar-refractivity contribution in [3.8, 4) is 0 Å². The van der Waals surface area contributed by atoms with E-state index in [2.05, 4.69) is 13.8 Å². The van der Waals surface area contributed by atoms with Gasteiger partial charge in [-0.3, -0.25) is 4.79 Å². The van der Waals surface area contributed by atoms with Crippen LogP contribution in [0.5, 0.6) is 0 Å². The molecule has 86 valence electrons. The van der Waals surface area contributed by atoms with Gasteiger partial charge in [0.1, 0.15) is 4.93 Å². The minimum absolute atomic E-state index is 0.238. The molecule has 0 radical (unpaired) electrons. The lowest BCUT2D eigenvalue weighted by molar-refractivity contribution is -0.210. The zero-order valence-electron chi connectivity index (χ0n) is 10.4. The van der Waals surface area contributed by atoms with Gasteiger partial charge in [-0.2, -0.15) is 0 Å². The van der Waals surface area contributed by atoms with Crippen molar-refractivity contribution in [1.82, 2.24) is 0 Å². The molecule has 1 saturated heterocycles. The molecule has 2 atom stereocenters. The van der Waals surface area contributed by atoms with Gasteiger partial charge < -0.3 is 4.74 Å². The molecule has 0 aromatic heterocycles. The molecule has 2 nitrogen and oxygen atoms in total. The standard InChI is InChI=1S/C12H20O2S/c1-7-8(2)15-12(14-7)10(3,4)9(13)11(12,5)6/h7-8H,1-6H3/t7-,8+/m1/s1. The third-order valence-corrected chi connectivity index (χ3v) is 6.35. The van der Waals surface area contributed by atoms with Crippen molar-refractivity contribution in [2.45, 2.75) is 57.8 Å². The lowest BCUT2D eigenvalue weighted by Gasteiger charge is -2.62. The van der Waals surface area contributed by atoms with Gasteiger partial charge >= 0.3 is 0 Å². The Hall–Kier alpha value is -0.0200. The average Bonchev–Trinajstić information content (AvgIpc) is 2.44. The highest BCUT2D eigenvalue weighted by Crippen LogP contribution is 2.69. The molecule has 1 spiro atoms. The third kappa shape index (κ3) is 1.04. The number of hydrogen-bond acceptors (Lipinski definition) is 3. The van der Waals surface area contributed by atoms with Gasteiger partial charge in [-0.15, -0.1) is 11.8 Å². The zero-order chi connectivity index (χ0) is 11.6. The molecule has 1 aliphatic carbocycles. The fourth-order valence-electron chi connectivity index (χ4n) is 3.13. The predicted molar refractivity (Wildman–Crippen MR) is 62.9 cm³/mol. The van der Waals surface area contributed by atoms with Crippen LogP contribution in [0, 0.1) is 10.8 Å². The Kier molecular flexibility index (Phi) is 2.14. The normalized spacial score (nSPS) is 40.5. The zero-order valence-corrected chi connectivity index (χ0v) is 11.2. The Morgan fingerprint density at radius 3 is 1.93 bits per heavy atom. The van der Waals surface area contributed by atoms with Crippen LogP contribution in [0.3, 0.4) is 0 Å². The maximum absolute atomic E-state index is 12.1. The fourth-order valence-corrected chi connectivity index (χ4v) is 4.88. The second kappa shape index (κ2) is 2.80. The maximum Gasteiger partial charge on any atom is 0.151 e. The monoisotopic (exact) mass is 228 g/mol. The first-order valence-corrected chi connectivity index (χ1v) is 6.45. The minimum atomic E-state index is -0.347. The second-order valence-electron chi connectivity index (χ2n) is 5.84. The Morgan fingerprint density at radius 2 is 1.60 bits per heavy atom. The number of carbonyl (C=O) groups is 1. The molecule has 1 aliphatic heterocycles. The van der Waals surface area contributed by atoms with Crippen molar-refractivity contribution in [3.05, 3.63) is 0 Å². The summed E-state index contributed by atoms with van der Waals surface area (Å²) in [5, 5.41) is 0.469. The van der Waals surface area contributed by atoms with E-state index < -0.39 is 0 Å². The van der Waals surface area contributed by atoms with E-state index in [1.165, 1.54) is 0 Å². The molecule has 1 heterocycles. The molecule has 0 N–H and O–H groups in total. The third-order valence-electron chi connectivity index (χ3n) is 4.15. The van der Waals surface area contributed by atoms with Gasteiger partial charge in [0, 0.05) is 5.25 Å². The van der Waals surface area contributed by atoms with E-state index in [4.69, 9.17) is 4.74 Å². The lowest BCUT2D eigenvalue weighted by atomic mass is 9.51. The molecular formula is C12H20O2S. The number of thioether (sulfide) groups is 1. The second-order valence-corrected chi connectivity index (χ2v) is 7.40. The fraction of sp³-hybridized carbons (Fsp3) is 0.917. The van der Waals surface area contributed by atoms with E-state index in [1.54, 1.807) is 0 Å². The van der Waals surface area contributed by atoms with E-state index in [1.807, 2.05) is 39.5 Å². The quantitative estimate of drug-likeness (QED) is 0.637. The van der Waals surface area contributed by atoms with Gasteiger partial charge in [0.15, 0.2) is 5.78 Å². The van der Waals surface area contributed by atoms with Crippen LogP contribution >= 0.6 is 11.8 Å². The SMILES string of the molecule is C[C@@H]1SC2(O[C@@H]1C)C(C)(C)C(=O)C2(C)C. The van der Waals surface area contributed by atoms with Crippen LogP contribution in [0.1, 0.15) is 41.5 Å². The number of hydrogen-bond donors (Lipinski definition) is 0.